The molecule has 2 rings (SSSR count). The van der Waals surface area contributed by atoms with Crippen molar-refractivity contribution in [3.05, 3.63) is 40.6 Å². The number of carbonyl (C=O) groups is 2. The summed E-state index contributed by atoms with van der Waals surface area (Å²) in [6.07, 6.45) is 1.47. The topological polar surface area (TPSA) is 84.1 Å². The molecular weight excluding hydrogens is 370 g/mol. The summed E-state index contributed by atoms with van der Waals surface area (Å²) in [6.45, 7) is 2.02. The number of aromatic nitrogens is 2. The second-order valence-electron chi connectivity index (χ2n) is 4.16. The molecule has 0 atom stereocenters. The lowest BCUT2D eigenvalue weighted by atomic mass is 10.3. The smallest absolute Gasteiger partial charge is 0.358 e. The second-order valence-corrected chi connectivity index (χ2v) is 6.03. The van der Waals surface area contributed by atoms with E-state index in [2.05, 4.69) is 31.2 Å². The van der Waals surface area contributed by atoms with E-state index in [0.29, 0.717) is 11.8 Å². The lowest BCUT2D eigenvalue weighted by molar-refractivity contribution is -0.113. The Morgan fingerprint density at radius 3 is 2.77 bits per heavy atom. The highest BCUT2D eigenvalue weighted by Gasteiger charge is 2.12. The molecule has 1 aromatic carbocycles. The van der Waals surface area contributed by atoms with Gasteiger partial charge in [-0.2, -0.15) is 0 Å². The maximum absolute atomic E-state index is 11.8. The summed E-state index contributed by atoms with van der Waals surface area (Å²) in [5.41, 5.74) is 0.929. The minimum absolute atomic E-state index is 0.151. The van der Waals surface area contributed by atoms with E-state index in [4.69, 9.17) is 4.74 Å². The molecule has 22 heavy (non-hydrogen) atoms. The molecule has 8 heteroatoms. The number of anilines is 1. The number of benzene rings is 1. The van der Waals surface area contributed by atoms with Crippen molar-refractivity contribution in [2.75, 3.05) is 17.7 Å². The van der Waals surface area contributed by atoms with Crippen LogP contribution in [0.5, 0.6) is 0 Å². The molecule has 0 unspecified atom stereocenters. The van der Waals surface area contributed by atoms with Crippen LogP contribution in [0.25, 0.3) is 0 Å². The average molecular weight is 384 g/mol. The number of thioether (sulfide) groups is 1. The SMILES string of the molecule is CCOC(=O)c1c[nH]c(SCC(=O)Nc2ccc(Br)cc2)n1. The summed E-state index contributed by atoms with van der Waals surface area (Å²) in [7, 11) is 0. The van der Waals surface area contributed by atoms with Crippen molar-refractivity contribution in [3.8, 4) is 0 Å². The van der Waals surface area contributed by atoms with Crippen LogP contribution in [0, 0.1) is 0 Å². The second kappa shape index (κ2) is 8.00. The molecule has 1 heterocycles. The van der Waals surface area contributed by atoms with Crippen LogP contribution in [0.1, 0.15) is 17.4 Å². The van der Waals surface area contributed by atoms with Crippen LogP contribution < -0.4 is 5.32 Å². The highest BCUT2D eigenvalue weighted by Crippen LogP contribution is 2.17. The summed E-state index contributed by atoms with van der Waals surface area (Å²) in [6, 6.07) is 7.30. The third-order valence-electron chi connectivity index (χ3n) is 2.51. The lowest BCUT2D eigenvalue weighted by Gasteiger charge is -2.04. The molecule has 1 amide bonds. The van der Waals surface area contributed by atoms with Gasteiger partial charge in [-0.1, -0.05) is 27.7 Å². The van der Waals surface area contributed by atoms with Gasteiger partial charge in [-0.3, -0.25) is 4.79 Å². The number of H-pyrrole nitrogens is 1. The van der Waals surface area contributed by atoms with E-state index in [1.165, 1.54) is 18.0 Å². The number of nitrogens with zero attached hydrogens (tertiary/aromatic N) is 1. The quantitative estimate of drug-likeness (QED) is 0.591. The predicted molar refractivity (Wildman–Crippen MR) is 88.0 cm³/mol. The van der Waals surface area contributed by atoms with Crippen LogP contribution in [0.3, 0.4) is 0 Å². The van der Waals surface area contributed by atoms with Crippen LogP contribution in [0.15, 0.2) is 40.1 Å². The third kappa shape index (κ3) is 4.88. The minimum Gasteiger partial charge on any atom is -0.461 e. The van der Waals surface area contributed by atoms with Gasteiger partial charge < -0.3 is 15.0 Å². The highest BCUT2D eigenvalue weighted by molar-refractivity contribution is 9.10. The largest absolute Gasteiger partial charge is 0.461 e. The number of hydrogen-bond acceptors (Lipinski definition) is 5. The van der Waals surface area contributed by atoms with Crippen molar-refractivity contribution in [2.45, 2.75) is 12.1 Å². The van der Waals surface area contributed by atoms with Gasteiger partial charge in [0, 0.05) is 16.4 Å². The van der Waals surface area contributed by atoms with Gasteiger partial charge in [-0.05, 0) is 31.2 Å². The fourth-order valence-electron chi connectivity index (χ4n) is 1.55. The van der Waals surface area contributed by atoms with Crippen LogP contribution in [0.4, 0.5) is 5.69 Å². The first-order chi connectivity index (χ1) is 10.6. The first-order valence-corrected chi connectivity index (χ1v) is 8.27. The van der Waals surface area contributed by atoms with Gasteiger partial charge in [0.25, 0.3) is 0 Å². The number of ether oxygens (including phenoxy) is 1. The standard InChI is InChI=1S/C14H14BrN3O3S/c1-2-21-13(20)11-7-16-14(18-11)22-8-12(19)17-10-5-3-9(15)4-6-10/h3-7H,2,8H2,1H3,(H,16,18)(H,17,19). The molecule has 0 fully saturated rings. The zero-order chi connectivity index (χ0) is 15.9. The van der Waals surface area contributed by atoms with Gasteiger partial charge in [0.05, 0.1) is 12.4 Å². The molecule has 116 valence electrons. The normalized spacial score (nSPS) is 10.3. The molecule has 0 aliphatic rings. The predicted octanol–water partition coefficient (Wildman–Crippen LogP) is 3.08. The molecule has 2 N–H and O–H groups in total. The zero-order valence-corrected chi connectivity index (χ0v) is 14.2. The summed E-state index contributed by atoms with van der Waals surface area (Å²) in [5, 5.41) is 3.27. The molecule has 0 saturated heterocycles. The Balaban J connectivity index is 1.83. The number of aromatic amines is 1. The maximum atomic E-state index is 11.8. The molecule has 0 bridgehead atoms. The van der Waals surface area contributed by atoms with Crippen molar-refractivity contribution in [1.29, 1.82) is 0 Å². The van der Waals surface area contributed by atoms with Crippen LogP contribution in [0.2, 0.25) is 0 Å². The summed E-state index contributed by atoms with van der Waals surface area (Å²) >= 11 is 4.54. The minimum atomic E-state index is -0.482. The first-order valence-electron chi connectivity index (χ1n) is 6.49. The summed E-state index contributed by atoms with van der Waals surface area (Å²) < 4.78 is 5.79. The fourth-order valence-corrected chi connectivity index (χ4v) is 2.46. The van der Waals surface area contributed by atoms with E-state index in [0.717, 1.165) is 10.2 Å². The number of nitrogens with one attached hydrogen (secondary N) is 2. The molecule has 2 aromatic rings. The number of imidazole rings is 1. The molecule has 0 aliphatic carbocycles. The first kappa shape index (κ1) is 16.6. The van der Waals surface area contributed by atoms with Crippen molar-refractivity contribution < 1.29 is 14.3 Å². The fraction of sp³-hybridized carbons (Fsp3) is 0.214. The Morgan fingerprint density at radius 2 is 2.09 bits per heavy atom. The molecule has 0 radical (unpaired) electrons. The third-order valence-corrected chi connectivity index (χ3v) is 3.92. The highest BCUT2D eigenvalue weighted by atomic mass is 79.9. The molecule has 1 aromatic heterocycles. The number of carbonyl (C=O) groups excluding carboxylic acids is 2. The number of esters is 1. The van der Waals surface area contributed by atoms with Gasteiger partial charge in [0.15, 0.2) is 10.9 Å². The van der Waals surface area contributed by atoms with Gasteiger partial charge >= 0.3 is 5.97 Å². The van der Waals surface area contributed by atoms with E-state index in [-0.39, 0.29) is 17.4 Å². The van der Waals surface area contributed by atoms with Crippen LogP contribution >= 0.6 is 27.7 Å². The number of hydrogen-bond donors (Lipinski definition) is 2. The molecule has 0 saturated carbocycles. The van der Waals surface area contributed by atoms with Crippen molar-refractivity contribution in [2.24, 2.45) is 0 Å². The lowest BCUT2D eigenvalue weighted by Crippen LogP contribution is -2.14. The Morgan fingerprint density at radius 1 is 1.36 bits per heavy atom. The number of amides is 1. The van der Waals surface area contributed by atoms with Gasteiger partial charge in [0.1, 0.15) is 0 Å². The van der Waals surface area contributed by atoms with Crippen molar-refractivity contribution >= 4 is 45.3 Å². The molecule has 0 aliphatic heterocycles. The van der Waals surface area contributed by atoms with E-state index in [1.54, 1.807) is 19.1 Å². The van der Waals surface area contributed by atoms with E-state index in [1.807, 2.05) is 12.1 Å². The number of halogens is 1. The van der Waals surface area contributed by atoms with E-state index in [9.17, 15) is 9.59 Å². The molecule has 0 spiro atoms. The number of rotatable bonds is 6. The van der Waals surface area contributed by atoms with Crippen LogP contribution in [-0.4, -0.2) is 34.2 Å². The van der Waals surface area contributed by atoms with Gasteiger partial charge in [0.2, 0.25) is 5.91 Å². The Kier molecular flexibility index (Phi) is 6.02. The Hall–Kier alpha value is -1.80. The van der Waals surface area contributed by atoms with Gasteiger partial charge in [-0.15, -0.1) is 0 Å². The van der Waals surface area contributed by atoms with E-state index < -0.39 is 5.97 Å². The Bertz CT molecular complexity index is 658. The average Bonchev–Trinajstić information content (AvgIpc) is 2.97. The van der Waals surface area contributed by atoms with E-state index >= 15 is 0 Å². The monoisotopic (exact) mass is 383 g/mol. The summed E-state index contributed by atoms with van der Waals surface area (Å²) in [5.74, 6) is -0.447. The Labute approximate surface area is 140 Å². The van der Waals surface area contributed by atoms with Gasteiger partial charge in [-0.25, -0.2) is 9.78 Å². The van der Waals surface area contributed by atoms with Crippen molar-refractivity contribution in [3.63, 3.8) is 0 Å². The van der Waals surface area contributed by atoms with Crippen LogP contribution in [-0.2, 0) is 9.53 Å². The van der Waals surface area contributed by atoms with Crippen molar-refractivity contribution in [1.82, 2.24) is 9.97 Å². The molecule has 6 nitrogen and oxygen atoms in total. The molecular formula is C14H14BrN3O3S. The zero-order valence-electron chi connectivity index (χ0n) is 11.8. The summed E-state index contributed by atoms with van der Waals surface area (Å²) in [4.78, 5) is 30.2. The maximum Gasteiger partial charge on any atom is 0.358 e.